The first-order valence-electron chi connectivity index (χ1n) is 9.24. The molecule has 1 unspecified atom stereocenters. The summed E-state index contributed by atoms with van der Waals surface area (Å²) in [5.74, 6) is -1.34. The average Bonchev–Trinajstić information content (AvgIpc) is 2.76. The molecule has 0 bridgehead atoms. The Bertz CT molecular complexity index is 1060. The van der Waals surface area contributed by atoms with E-state index in [0.29, 0.717) is 16.1 Å². The lowest BCUT2D eigenvalue weighted by Gasteiger charge is -2.30. The van der Waals surface area contributed by atoms with Gasteiger partial charge in [0.05, 0.1) is 18.7 Å². The van der Waals surface area contributed by atoms with Gasteiger partial charge in [-0.1, -0.05) is 29.8 Å². The van der Waals surface area contributed by atoms with Crippen molar-refractivity contribution in [2.24, 2.45) is 0 Å². The summed E-state index contributed by atoms with van der Waals surface area (Å²) in [5, 5.41) is 0.327. The highest BCUT2D eigenvalue weighted by Gasteiger charge is 2.25. The van der Waals surface area contributed by atoms with E-state index in [0.717, 1.165) is 5.56 Å². The lowest BCUT2D eigenvalue weighted by molar-refractivity contribution is 0.0599. The van der Waals surface area contributed by atoms with E-state index in [9.17, 15) is 14.0 Å². The molecule has 2 aromatic carbocycles. The fraction of sp³-hybridized carbons (Fsp3) is 0.174. The molecule has 0 N–H and O–H groups in total. The van der Waals surface area contributed by atoms with Crippen LogP contribution in [0.5, 0.6) is 0 Å². The maximum absolute atomic E-state index is 13.7. The second-order valence-electron chi connectivity index (χ2n) is 6.71. The quantitative estimate of drug-likeness (QED) is 0.517. The zero-order valence-corrected chi connectivity index (χ0v) is 17.3. The molecule has 0 aliphatic carbocycles. The number of halogens is 2. The Morgan fingerprint density at radius 2 is 1.93 bits per heavy atom. The van der Waals surface area contributed by atoms with Crippen LogP contribution in [0.3, 0.4) is 0 Å². The smallest absolute Gasteiger partial charge is 0.337 e. The number of methoxy groups -OCH3 is 1. The van der Waals surface area contributed by atoms with Crippen LogP contribution < -0.4 is 0 Å². The van der Waals surface area contributed by atoms with E-state index in [4.69, 9.17) is 16.3 Å². The van der Waals surface area contributed by atoms with Crippen LogP contribution in [0.25, 0.3) is 0 Å². The lowest BCUT2D eigenvalue weighted by atomic mass is 10.0. The predicted molar refractivity (Wildman–Crippen MR) is 112 cm³/mol. The number of rotatable bonds is 6. The fourth-order valence-electron chi connectivity index (χ4n) is 3.14. The van der Waals surface area contributed by atoms with E-state index in [1.165, 1.54) is 31.4 Å². The number of pyridine rings is 1. The zero-order chi connectivity index (χ0) is 21.7. The van der Waals surface area contributed by atoms with Crippen LogP contribution in [0, 0.1) is 5.82 Å². The van der Waals surface area contributed by atoms with Gasteiger partial charge in [0.1, 0.15) is 5.82 Å². The van der Waals surface area contributed by atoms with Crippen molar-refractivity contribution >= 4 is 23.5 Å². The Labute approximate surface area is 179 Å². The number of amides is 1. The molecule has 0 aliphatic heterocycles. The molecular weight excluding hydrogens is 407 g/mol. The van der Waals surface area contributed by atoms with Gasteiger partial charge in [0.25, 0.3) is 5.91 Å². The third-order valence-corrected chi connectivity index (χ3v) is 5.07. The van der Waals surface area contributed by atoms with Crippen LogP contribution in [0.4, 0.5) is 4.39 Å². The molecule has 1 atom stereocenters. The van der Waals surface area contributed by atoms with Gasteiger partial charge in [-0.3, -0.25) is 9.78 Å². The molecular formula is C23H20ClFN2O3. The van der Waals surface area contributed by atoms with E-state index in [2.05, 4.69) is 4.98 Å². The number of nitrogens with zero attached hydrogens (tertiary/aromatic N) is 2. The predicted octanol–water partition coefficient (Wildman–Crippen LogP) is 5.06. The summed E-state index contributed by atoms with van der Waals surface area (Å²) in [6.45, 7) is 2.08. The van der Waals surface area contributed by atoms with Crippen LogP contribution in [0.2, 0.25) is 5.02 Å². The van der Waals surface area contributed by atoms with Crippen molar-refractivity contribution in [1.82, 2.24) is 9.88 Å². The number of ether oxygens (including phenoxy) is 1. The summed E-state index contributed by atoms with van der Waals surface area (Å²) >= 11 is 6.43. The monoisotopic (exact) mass is 426 g/mol. The Hall–Kier alpha value is -3.25. The van der Waals surface area contributed by atoms with E-state index < -0.39 is 17.8 Å². The molecule has 0 aliphatic rings. The normalized spacial score (nSPS) is 11.6. The van der Waals surface area contributed by atoms with Gasteiger partial charge < -0.3 is 9.64 Å². The minimum absolute atomic E-state index is 0.230. The van der Waals surface area contributed by atoms with E-state index >= 15 is 0 Å². The van der Waals surface area contributed by atoms with Gasteiger partial charge in [-0.15, -0.1) is 0 Å². The molecule has 0 spiro atoms. The summed E-state index contributed by atoms with van der Waals surface area (Å²) < 4.78 is 18.4. The zero-order valence-electron chi connectivity index (χ0n) is 16.5. The number of aromatic nitrogens is 1. The van der Waals surface area contributed by atoms with Crippen molar-refractivity contribution in [3.05, 3.63) is 100 Å². The fourth-order valence-corrected chi connectivity index (χ4v) is 3.48. The van der Waals surface area contributed by atoms with Crippen LogP contribution in [-0.4, -0.2) is 28.9 Å². The second-order valence-corrected chi connectivity index (χ2v) is 7.12. The molecule has 0 fully saturated rings. The third kappa shape index (κ3) is 4.83. The Morgan fingerprint density at radius 1 is 1.13 bits per heavy atom. The summed E-state index contributed by atoms with van der Waals surface area (Å²) in [4.78, 5) is 30.7. The number of carbonyl (C=O) groups is 2. The highest BCUT2D eigenvalue weighted by atomic mass is 35.5. The first kappa shape index (κ1) is 21.5. The van der Waals surface area contributed by atoms with E-state index in [1.807, 2.05) is 13.0 Å². The maximum Gasteiger partial charge on any atom is 0.337 e. The topological polar surface area (TPSA) is 59.5 Å². The SMILES string of the molecule is COC(=O)c1ccc(C(C)N(Cc2cccnc2)C(=O)c2cccc(F)c2)c(Cl)c1. The number of carbonyl (C=O) groups excluding carboxylic acids is 2. The highest BCUT2D eigenvalue weighted by molar-refractivity contribution is 6.31. The van der Waals surface area contributed by atoms with Gasteiger partial charge in [0, 0.05) is 29.5 Å². The second kappa shape index (κ2) is 9.50. The van der Waals surface area contributed by atoms with Crippen molar-refractivity contribution in [3.63, 3.8) is 0 Å². The first-order chi connectivity index (χ1) is 14.4. The third-order valence-electron chi connectivity index (χ3n) is 4.75. The van der Waals surface area contributed by atoms with Gasteiger partial charge in [0.15, 0.2) is 0 Å². The van der Waals surface area contributed by atoms with E-state index in [-0.39, 0.29) is 18.0 Å². The van der Waals surface area contributed by atoms with E-state index in [1.54, 1.807) is 41.6 Å². The molecule has 1 heterocycles. The van der Waals surface area contributed by atoms with Gasteiger partial charge in [0.2, 0.25) is 0 Å². The van der Waals surface area contributed by atoms with Gasteiger partial charge in [-0.2, -0.15) is 0 Å². The molecule has 154 valence electrons. The van der Waals surface area contributed by atoms with Gasteiger partial charge >= 0.3 is 5.97 Å². The van der Waals surface area contributed by atoms with Crippen molar-refractivity contribution in [3.8, 4) is 0 Å². The molecule has 1 amide bonds. The molecule has 7 heteroatoms. The largest absolute Gasteiger partial charge is 0.465 e. The highest BCUT2D eigenvalue weighted by Crippen LogP contribution is 2.31. The standard InChI is InChI=1S/C23H20ClFN2O3/c1-15(20-9-8-18(12-21(20)24)23(29)30-2)27(14-16-5-4-10-26-13-16)22(28)17-6-3-7-19(25)11-17/h3-13,15H,14H2,1-2H3. The first-order valence-corrected chi connectivity index (χ1v) is 9.61. The van der Waals surface area contributed by atoms with Crippen molar-refractivity contribution in [2.45, 2.75) is 19.5 Å². The summed E-state index contributed by atoms with van der Waals surface area (Å²) in [7, 11) is 1.29. The molecule has 3 aromatic rings. The van der Waals surface area contributed by atoms with Crippen LogP contribution in [-0.2, 0) is 11.3 Å². The van der Waals surface area contributed by atoms with Crippen molar-refractivity contribution in [2.75, 3.05) is 7.11 Å². The Morgan fingerprint density at radius 3 is 2.57 bits per heavy atom. The molecule has 0 radical (unpaired) electrons. The number of esters is 1. The average molecular weight is 427 g/mol. The Kier molecular flexibility index (Phi) is 6.79. The van der Waals surface area contributed by atoms with Gasteiger partial charge in [-0.05, 0) is 54.4 Å². The number of hydrogen-bond acceptors (Lipinski definition) is 4. The maximum atomic E-state index is 13.7. The summed E-state index contributed by atoms with van der Waals surface area (Å²) in [5.41, 5.74) is 2.01. The number of hydrogen-bond donors (Lipinski definition) is 0. The summed E-state index contributed by atoms with van der Waals surface area (Å²) in [6, 6.07) is 13.5. The minimum Gasteiger partial charge on any atom is -0.465 e. The number of benzene rings is 2. The van der Waals surface area contributed by atoms with Crippen LogP contribution in [0.1, 0.15) is 44.8 Å². The molecule has 0 saturated carbocycles. The lowest BCUT2D eigenvalue weighted by Crippen LogP contribution is -2.33. The molecule has 0 saturated heterocycles. The minimum atomic E-state index is -0.501. The van der Waals surface area contributed by atoms with Crippen LogP contribution >= 0.6 is 11.6 Å². The van der Waals surface area contributed by atoms with Crippen LogP contribution in [0.15, 0.2) is 67.0 Å². The Balaban J connectivity index is 1.98. The van der Waals surface area contributed by atoms with Gasteiger partial charge in [-0.25, -0.2) is 9.18 Å². The summed E-state index contributed by atoms with van der Waals surface area (Å²) in [6.07, 6.45) is 3.31. The molecule has 5 nitrogen and oxygen atoms in total. The molecule has 30 heavy (non-hydrogen) atoms. The molecule has 3 rings (SSSR count). The van der Waals surface area contributed by atoms with Crippen molar-refractivity contribution < 1.29 is 18.7 Å². The molecule has 1 aromatic heterocycles. The van der Waals surface area contributed by atoms with Crippen molar-refractivity contribution in [1.29, 1.82) is 0 Å².